The fourth-order valence-corrected chi connectivity index (χ4v) is 4.96. The third-order valence-corrected chi connectivity index (χ3v) is 6.88. The molecule has 37 heavy (non-hydrogen) atoms. The van der Waals surface area contributed by atoms with Crippen LogP contribution in [-0.2, 0) is 42.2 Å². The van der Waals surface area contributed by atoms with Gasteiger partial charge >= 0.3 is 0 Å². The summed E-state index contributed by atoms with van der Waals surface area (Å²) in [5, 5.41) is 0. The Labute approximate surface area is 238 Å². The molecule has 0 aliphatic carbocycles. The molecule has 0 unspecified atom stereocenters. The third-order valence-electron chi connectivity index (χ3n) is 6.88. The van der Waals surface area contributed by atoms with Crippen LogP contribution in [0.15, 0.2) is 46.4 Å². The average Bonchev–Trinajstić information content (AvgIpc) is 2.88. The summed E-state index contributed by atoms with van der Waals surface area (Å²) in [7, 11) is 0. The van der Waals surface area contributed by atoms with Gasteiger partial charge in [-0.3, -0.25) is 9.98 Å². The van der Waals surface area contributed by atoms with Gasteiger partial charge in [-0.05, 0) is 85.0 Å². The molecule has 3 heteroatoms. The number of rotatable bonds is 18. The van der Waals surface area contributed by atoms with Gasteiger partial charge in [0.1, 0.15) is 0 Å². The van der Waals surface area contributed by atoms with E-state index in [1.165, 1.54) is 86.5 Å². The molecule has 0 aliphatic rings. The van der Waals surface area contributed by atoms with Gasteiger partial charge in [0.25, 0.3) is 0 Å². The third kappa shape index (κ3) is 12.6. The van der Waals surface area contributed by atoms with Gasteiger partial charge < -0.3 is 0 Å². The smallest absolute Gasteiger partial charge is 0.0636 e. The van der Waals surface area contributed by atoms with Crippen molar-refractivity contribution in [3.63, 3.8) is 0 Å². The van der Waals surface area contributed by atoms with Crippen molar-refractivity contribution in [3.05, 3.63) is 58.7 Å². The molecule has 208 valence electrons. The van der Waals surface area contributed by atoms with Crippen molar-refractivity contribution >= 4 is 23.3 Å². The van der Waals surface area contributed by atoms with Crippen molar-refractivity contribution in [2.45, 2.75) is 131 Å². The van der Waals surface area contributed by atoms with Crippen molar-refractivity contribution < 1.29 is 16.5 Å². The summed E-state index contributed by atoms with van der Waals surface area (Å²) < 4.78 is 0. The Morgan fingerprint density at radius 3 is 1.62 bits per heavy atom. The van der Waals surface area contributed by atoms with E-state index in [-0.39, 0.29) is 16.5 Å². The summed E-state index contributed by atoms with van der Waals surface area (Å²) in [6, 6.07) is 13.6. The van der Waals surface area contributed by atoms with Gasteiger partial charge in [0, 0.05) is 22.7 Å². The predicted octanol–water partition coefficient (Wildman–Crippen LogP) is 10.7. The van der Waals surface area contributed by atoms with E-state index >= 15 is 0 Å². The molecule has 0 amide bonds. The quantitative estimate of drug-likeness (QED) is 0.101. The standard InChI is InChI=1S/C34H52N2.Ni/c1-6-11-12-13-14-15-20-34(36-33-24-22-29(17-8-3)31(26-33)19-10-5)27-35-32-23-21-28(16-7-2)30(25-32)18-9-4;/h21-27H,6-20H2,1-5H3;/b35-27+,36-34+;. The Balaban J connectivity index is 0.00000684. The number of hydrogen-bond acceptors (Lipinski definition) is 2. The van der Waals surface area contributed by atoms with E-state index in [4.69, 9.17) is 9.98 Å². The molecule has 0 spiro atoms. The molecule has 2 nitrogen and oxygen atoms in total. The Morgan fingerprint density at radius 2 is 1.05 bits per heavy atom. The Morgan fingerprint density at radius 1 is 0.568 bits per heavy atom. The van der Waals surface area contributed by atoms with Gasteiger partial charge in [0.05, 0.1) is 17.1 Å². The number of aryl methyl sites for hydroxylation is 4. The first-order valence-electron chi connectivity index (χ1n) is 15.0. The minimum Gasteiger partial charge on any atom is -0.255 e. The number of hydrogen-bond donors (Lipinski definition) is 0. The molecular formula is C34H52N2Ni. The number of benzene rings is 2. The molecule has 2 aromatic rings. The topological polar surface area (TPSA) is 24.7 Å². The Kier molecular flexibility index (Phi) is 18.2. The molecule has 0 bridgehead atoms. The zero-order valence-electron chi connectivity index (χ0n) is 24.4. The van der Waals surface area contributed by atoms with Crippen LogP contribution < -0.4 is 0 Å². The van der Waals surface area contributed by atoms with Gasteiger partial charge in [0.2, 0.25) is 0 Å². The first-order chi connectivity index (χ1) is 17.6. The summed E-state index contributed by atoms with van der Waals surface area (Å²) in [5.41, 5.74) is 9.13. The molecule has 0 fully saturated rings. The predicted molar refractivity (Wildman–Crippen MR) is 162 cm³/mol. The van der Waals surface area contributed by atoms with Gasteiger partial charge in [0.15, 0.2) is 0 Å². The van der Waals surface area contributed by atoms with Crippen molar-refractivity contribution in [1.82, 2.24) is 0 Å². The largest absolute Gasteiger partial charge is 0.255 e. The molecular weight excluding hydrogens is 495 g/mol. The second-order valence-corrected chi connectivity index (χ2v) is 10.3. The average molecular weight is 547 g/mol. The second kappa shape index (κ2) is 20.3. The number of unbranched alkanes of at least 4 members (excludes halogenated alkanes) is 5. The maximum absolute atomic E-state index is 5.12. The van der Waals surface area contributed by atoms with Gasteiger partial charge in [-0.2, -0.15) is 0 Å². The monoisotopic (exact) mass is 546 g/mol. The molecule has 0 N–H and O–H groups in total. The van der Waals surface area contributed by atoms with Gasteiger partial charge in [-0.15, -0.1) is 0 Å². The van der Waals surface area contributed by atoms with Crippen LogP contribution in [0.4, 0.5) is 11.4 Å². The van der Waals surface area contributed by atoms with Crippen molar-refractivity contribution in [3.8, 4) is 0 Å². The zero-order chi connectivity index (χ0) is 26.0. The van der Waals surface area contributed by atoms with Crippen LogP contribution in [0.5, 0.6) is 0 Å². The van der Waals surface area contributed by atoms with Crippen LogP contribution in [0, 0.1) is 0 Å². The van der Waals surface area contributed by atoms with E-state index < -0.39 is 0 Å². The van der Waals surface area contributed by atoms with Gasteiger partial charge in [-0.25, -0.2) is 0 Å². The first-order valence-corrected chi connectivity index (χ1v) is 15.0. The van der Waals surface area contributed by atoms with Crippen molar-refractivity contribution in [1.29, 1.82) is 0 Å². The van der Waals surface area contributed by atoms with E-state index in [0.717, 1.165) is 49.2 Å². The van der Waals surface area contributed by atoms with Crippen LogP contribution in [-0.4, -0.2) is 11.9 Å². The van der Waals surface area contributed by atoms with Gasteiger partial charge in [-0.1, -0.05) is 105 Å². The molecule has 0 saturated carbocycles. The Hall–Kier alpha value is -1.73. The maximum atomic E-state index is 5.12. The fourth-order valence-electron chi connectivity index (χ4n) is 4.96. The van der Waals surface area contributed by atoms with E-state index in [2.05, 4.69) is 71.0 Å². The zero-order valence-corrected chi connectivity index (χ0v) is 25.3. The Bertz CT molecular complexity index is 945. The summed E-state index contributed by atoms with van der Waals surface area (Å²) in [5.74, 6) is 0. The molecule has 0 aliphatic heterocycles. The fraction of sp³-hybridized carbons (Fsp3) is 0.588. The number of nitrogens with zero attached hydrogens (tertiary/aromatic N) is 2. The SMILES string of the molecule is CCCCCCCCC(/C=N/c1ccc(CCC)c(CCC)c1)=N\c1ccc(CCC)c(CCC)c1.[Ni]. The van der Waals surface area contributed by atoms with Crippen LogP contribution in [0.2, 0.25) is 0 Å². The molecule has 2 rings (SSSR count). The second-order valence-electron chi connectivity index (χ2n) is 10.3. The maximum Gasteiger partial charge on any atom is 0.0636 e. The molecule has 0 heterocycles. The summed E-state index contributed by atoms with van der Waals surface area (Å²) in [4.78, 5) is 10.1. The van der Waals surface area contributed by atoms with Crippen LogP contribution in [0.25, 0.3) is 0 Å². The molecule has 2 aromatic carbocycles. The molecule has 0 radical (unpaired) electrons. The summed E-state index contributed by atoms with van der Waals surface area (Å²) >= 11 is 0. The van der Waals surface area contributed by atoms with Crippen LogP contribution in [0.3, 0.4) is 0 Å². The van der Waals surface area contributed by atoms with Crippen LogP contribution >= 0.6 is 0 Å². The molecule has 0 aromatic heterocycles. The van der Waals surface area contributed by atoms with E-state index in [9.17, 15) is 0 Å². The minimum atomic E-state index is 0. The first kappa shape index (κ1) is 33.3. The summed E-state index contributed by atoms with van der Waals surface area (Å²) in [6.07, 6.45) is 20.1. The van der Waals surface area contributed by atoms with Crippen molar-refractivity contribution in [2.24, 2.45) is 9.98 Å². The minimum absolute atomic E-state index is 0. The summed E-state index contributed by atoms with van der Waals surface area (Å²) in [6.45, 7) is 11.3. The number of aliphatic imine (C=N–C) groups is 2. The van der Waals surface area contributed by atoms with E-state index in [0.29, 0.717) is 0 Å². The molecule has 0 saturated heterocycles. The van der Waals surface area contributed by atoms with Crippen LogP contribution in [0.1, 0.15) is 128 Å². The van der Waals surface area contributed by atoms with E-state index in [1.54, 1.807) is 0 Å². The van der Waals surface area contributed by atoms with Crippen molar-refractivity contribution in [2.75, 3.05) is 0 Å². The normalized spacial score (nSPS) is 11.8. The molecule has 0 atom stereocenters. The van der Waals surface area contributed by atoms with E-state index in [1.807, 2.05) is 6.21 Å².